The number of carbonyl (C=O) groups excluding carboxylic acids is 1. The fourth-order valence-electron chi connectivity index (χ4n) is 1.88. The van der Waals surface area contributed by atoms with Crippen LogP contribution >= 0.6 is 11.3 Å². The molecule has 2 rings (SSSR count). The molecule has 1 aromatic rings. The number of nitrogens with zero attached hydrogens (tertiary/aromatic N) is 2. The van der Waals surface area contributed by atoms with E-state index in [1.165, 1.54) is 11.3 Å². The third kappa shape index (κ3) is 2.76. The van der Waals surface area contributed by atoms with Crippen LogP contribution in [0.5, 0.6) is 0 Å². The molecular formula is C11H16N2O3S. The summed E-state index contributed by atoms with van der Waals surface area (Å²) in [6, 6.07) is 0. The molecule has 0 atom stereocenters. The lowest BCUT2D eigenvalue weighted by Crippen LogP contribution is -2.53. The van der Waals surface area contributed by atoms with Gasteiger partial charge in [0, 0.05) is 37.1 Å². The van der Waals surface area contributed by atoms with Crippen LogP contribution in [-0.2, 0) is 11.3 Å². The maximum atomic E-state index is 11.6. The number of likely N-dealkylation sites (tertiary alicyclic amines) is 1. The predicted octanol–water partition coefficient (Wildman–Crippen LogP) is 0.202. The van der Waals surface area contributed by atoms with E-state index in [4.69, 9.17) is 5.11 Å². The second-order valence-corrected chi connectivity index (χ2v) is 5.17. The minimum absolute atomic E-state index is 0.0364. The van der Waals surface area contributed by atoms with Crippen molar-refractivity contribution in [2.75, 3.05) is 13.1 Å². The first-order chi connectivity index (χ1) is 8.08. The van der Waals surface area contributed by atoms with Crippen LogP contribution in [0.15, 0.2) is 10.2 Å². The molecule has 6 heteroatoms. The zero-order valence-electron chi connectivity index (χ0n) is 9.76. The minimum Gasteiger partial charge on any atom is -0.389 e. The van der Waals surface area contributed by atoms with Crippen LogP contribution in [0.4, 0.5) is 0 Å². The van der Waals surface area contributed by atoms with Gasteiger partial charge >= 0.3 is 4.87 Å². The Morgan fingerprint density at radius 2 is 2.29 bits per heavy atom. The number of aliphatic hydroxyl groups is 1. The Hall–Kier alpha value is -1.14. The predicted molar refractivity (Wildman–Crippen MR) is 65.1 cm³/mol. The van der Waals surface area contributed by atoms with Crippen molar-refractivity contribution in [3.05, 3.63) is 20.7 Å². The second-order valence-electron chi connectivity index (χ2n) is 4.35. The molecule has 0 bridgehead atoms. The Morgan fingerprint density at radius 1 is 1.59 bits per heavy atom. The van der Waals surface area contributed by atoms with Gasteiger partial charge in [0.05, 0.1) is 6.10 Å². The normalized spacial score (nSPS) is 16.0. The lowest BCUT2D eigenvalue weighted by molar-refractivity contribution is -0.141. The summed E-state index contributed by atoms with van der Waals surface area (Å²) >= 11 is 1.19. The third-order valence-corrected chi connectivity index (χ3v) is 3.84. The fraction of sp³-hybridized carbons (Fsp3) is 0.636. The quantitative estimate of drug-likeness (QED) is 0.837. The van der Waals surface area contributed by atoms with E-state index in [9.17, 15) is 9.59 Å². The minimum atomic E-state index is -0.347. The van der Waals surface area contributed by atoms with E-state index in [0.717, 1.165) is 5.69 Å². The summed E-state index contributed by atoms with van der Waals surface area (Å²) in [5.41, 5.74) is 0.951. The number of β-amino-alcohol motifs (C(OH)–C–C–N with tert-alkyl or cyclic N) is 1. The number of amides is 1. The monoisotopic (exact) mass is 256 g/mol. The summed E-state index contributed by atoms with van der Waals surface area (Å²) < 4.78 is 1.70. The van der Waals surface area contributed by atoms with Crippen molar-refractivity contribution in [1.29, 1.82) is 0 Å². The number of rotatable bonds is 4. The molecule has 94 valence electrons. The lowest BCUT2D eigenvalue weighted by atomic mass is 10.1. The highest BCUT2D eigenvalue weighted by Crippen LogP contribution is 2.10. The summed E-state index contributed by atoms with van der Waals surface area (Å²) in [5.74, 6) is 0.0660. The molecule has 0 radical (unpaired) electrons. The molecule has 1 aromatic heterocycles. The number of hydrogen-bond acceptors (Lipinski definition) is 4. The van der Waals surface area contributed by atoms with Gasteiger partial charge in [-0.2, -0.15) is 0 Å². The van der Waals surface area contributed by atoms with E-state index in [2.05, 4.69) is 0 Å². The smallest absolute Gasteiger partial charge is 0.307 e. The molecule has 1 amide bonds. The van der Waals surface area contributed by atoms with Crippen molar-refractivity contribution < 1.29 is 9.90 Å². The summed E-state index contributed by atoms with van der Waals surface area (Å²) in [4.78, 5) is 24.7. The van der Waals surface area contributed by atoms with E-state index in [0.29, 0.717) is 32.5 Å². The molecule has 0 aromatic carbocycles. The van der Waals surface area contributed by atoms with Crippen LogP contribution in [0.3, 0.4) is 0 Å². The largest absolute Gasteiger partial charge is 0.389 e. The van der Waals surface area contributed by atoms with Crippen molar-refractivity contribution in [2.45, 2.75) is 32.4 Å². The summed E-state index contributed by atoms with van der Waals surface area (Å²) in [5, 5.41) is 10.9. The standard InChI is InChI=1S/C11H16N2O3S/c1-8-7-17-11(16)13(8)4-2-3-10(15)12-5-9(14)6-12/h7,9,14H,2-6H2,1H3. The zero-order valence-corrected chi connectivity index (χ0v) is 10.6. The van der Waals surface area contributed by atoms with Crippen molar-refractivity contribution in [3.8, 4) is 0 Å². The molecule has 0 saturated carbocycles. The van der Waals surface area contributed by atoms with Gasteiger partial charge < -0.3 is 14.6 Å². The number of aryl methyl sites for hydroxylation is 1. The SMILES string of the molecule is Cc1csc(=O)n1CCCC(=O)N1CC(O)C1. The van der Waals surface area contributed by atoms with Gasteiger partial charge in [0.1, 0.15) is 0 Å². The first-order valence-corrected chi connectivity index (χ1v) is 6.56. The molecule has 1 fully saturated rings. The van der Waals surface area contributed by atoms with Crippen LogP contribution in [0.2, 0.25) is 0 Å². The molecule has 1 aliphatic heterocycles. The Balaban J connectivity index is 1.76. The van der Waals surface area contributed by atoms with Crippen molar-refractivity contribution in [3.63, 3.8) is 0 Å². The van der Waals surface area contributed by atoms with Gasteiger partial charge in [0.25, 0.3) is 0 Å². The van der Waals surface area contributed by atoms with Crippen LogP contribution in [0.1, 0.15) is 18.5 Å². The molecule has 2 heterocycles. The maximum Gasteiger partial charge on any atom is 0.307 e. The van der Waals surface area contributed by atoms with Crippen molar-refractivity contribution in [1.82, 2.24) is 9.47 Å². The molecule has 1 aliphatic rings. The number of hydrogen-bond donors (Lipinski definition) is 1. The average molecular weight is 256 g/mol. The maximum absolute atomic E-state index is 11.6. The molecular weight excluding hydrogens is 240 g/mol. The summed E-state index contributed by atoms with van der Waals surface area (Å²) in [6.45, 7) is 3.40. The first-order valence-electron chi connectivity index (χ1n) is 5.68. The fourth-order valence-corrected chi connectivity index (χ4v) is 2.64. The topological polar surface area (TPSA) is 62.5 Å². The molecule has 0 unspecified atom stereocenters. The Morgan fingerprint density at radius 3 is 2.82 bits per heavy atom. The van der Waals surface area contributed by atoms with Gasteiger partial charge in [0.15, 0.2) is 0 Å². The Kier molecular flexibility index (Phi) is 3.63. The van der Waals surface area contributed by atoms with E-state index in [-0.39, 0.29) is 16.9 Å². The molecule has 1 saturated heterocycles. The summed E-state index contributed by atoms with van der Waals surface area (Å²) in [6.07, 6.45) is 0.762. The van der Waals surface area contributed by atoms with Crippen LogP contribution < -0.4 is 4.87 Å². The van der Waals surface area contributed by atoms with E-state index in [1.54, 1.807) is 9.47 Å². The van der Waals surface area contributed by atoms with Crippen molar-refractivity contribution >= 4 is 17.2 Å². The van der Waals surface area contributed by atoms with Gasteiger partial charge in [-0.1, -0.05) is 11.3 Å². The Labute approximate surface area is 103 Å². The zero-order chi connectivity index (χ0) is 12.4. The Bertz CT molecular complexity index is 460. The number of thiazole rings is 1. The second kappa shape index (κ2) is 5.01. The van der Waals surface area contributed by atoms with E-state index < -0.39 is 0 Å². The average Bonchev–Trinajstić information content (AvgIpc) is 2.56. The van der Waals surface area contributed by atoms with Gasteiger partial charge in [-0.05, 0) is 13.3 Å². The highest BCUT2D eigenvalue weighted by Gasteiger charge is 2.27. The first kappa shape index (κ1) is 12.3. The number of aromatic nitrogens is 1. The number of aliphatic hydroxyl groups excluding tert-OH is 1. The van der Waals surface area contributed by atoms with Crippen LogP contribution in [0, 0.1) is 6.92 Å². The van der Waals surface area contributed by atoms with E-state index in [1.807, 2.05) is 12.3 Å². The van der Waals surface area contributed by atoms with E-state index >= 15 is 0 Å². The van der Waals surface area contributed by atoms with Crippen molar-refractivity contribution in [2.24, 2.45) is 0 Å². The molecule has 5 nitrogen and oxygen atoms in total. The molecule has 1 N–H and O–H groups in total. The van der Waals surface area contributed by atoms with Crippen LogP contribution in [0.25, 0.3) is 0 Å². The van der Waals surface area contributed by atoms with Gasteiger partial charge in [-0.3, -0.25) is 9.59 Å². The van der Waals surface area contributed by atoms with Gasteiger partial charge in [0.2, 0.25) is 5.91 Å². The van der Waals surface area contributed by atoms with Gasteiger partial charge in [-0.15, -0.1) is 0 Å². The van der Waals surface area contributed by atoms with Gasteiger partial charge in [-0.25, -0.2) is 0 Å². The summed E-state index contributed by atoms with van der Waals surface area (Å²) in [7, 11) is 0. The highest BCUT2D eigenvalue weighted by molar-refractivity contribution is 7.07. The highest BCUT2D eigenvalue weighted by atomic mass is 32.1. The molecule has 0 spiro atoms. The van der Waals surface area contributed by atoms with Crippen LogP contribution in [-0.4, -0.2) is 39.7 Å². The number of carbonyl (C=O) groups is 1. The lowest BCUT2D eigenvalue weighted by Gasteiger charge is -2.35. The third-order valence-electron chi connectivity index (χ3n) is 2.96. The molecule has 17 heavy (non-hydrogen) atoms. The molecule has 0 aliphatic carbocycles.